The zero-order chi connectivity index (χ0) is 13.6. The van der Waals surface area contributed by atoms with E-state index in [0.717, 1.165) is 0 Å². The van der Waals surface area contributed by atoms with Gasteiger partial charge in [0.1, 0.15) is 24.1 Å². The molecule has 8 heteroatoms. The first-order valence-corrected chi connectivity index (χ1v) is 5.78. The molecule has 1 fully saturated rings. The van der Waals surface area contributed by atoms with E-state index in [2.05, 4.69) is 15.0 Å². The molecule has 6 N–H and O–H groups in total. The van der Waals surface area contributed by atoms with E-state index >= 15 is 0 Å². The fraction of sp³-hybridized carbons (Fsp3) is 0.455. The van der Waals surface area contributed by atoms with Crippen molar-refractivity contribution in [1.29, 1.82) is 0 Å². The lowest BCUT2D eigenvalue weighted by molar-refractivity contribution is -0.109. The van der Waals surface area contributed by atoms with Gasteiger partial charge < -0.3 is 25.0 Å². The number of hydrogen-bond donors (Lipinski definition) is 5. The molecule has 1 aliphatic heterocycles. The quantitative estimate of drug-likeness (QED) is 0.441. The second-order valence-corrected chi connectivity index (χ2v) is 4.60. The minimum absolute atomic E-state index is 0.329. The molecule has 2 aromatic heterocycles. The van der Waals surface area contributed by atoms with Gasteiger partial charge in [0.15, 0.2) is 5.72 Å². The van der Waals surface area contributed by atoms with E-state index in [1.807, 2.05) is 0 Å². The van der Waals surface area contributed by atoms with Gasteiger partial charge in [-0.1, -0.05) is 0 Å². The number of aliphatic hydroxyl groups excluding tert-OH is 3. The van der Waals surface area contributed by atoms with Crippen molar-refractivity contribution in [3.63, 3.8) is 0 Å². The summed E-state index contributed by atoms with van der Waals surface area (Å²) in [6, 6.07) is 1.70. The third-order valence-electron chi connectivity index (χ3n) is 3.30. The van der Waals surface area contributed by atoms with Gasteiger partial charge in [-0.2, -0.15) is 0 Å². The molecule has 102 valence electrons. The average molecular weight is 266 g/mol. The van der Waals surface area contributed by atoms with Gasteiger partial charge in [-0.25, -0.2) is 4.98 Å². The van der Waals surface area contributed by atoms with Crippen molar-refractivity contribution >= 4 is 11.0 Å². The normalized spacial score (nSPS) is 35.1. The number of nitrogens with one attached hydrogen (secondary N) is 1. The first-order chi connectivity index (χ1) is 9.05. The molecule has 0 unspecified atom stereocenters. The zero-order valence-electron chi connectivity index (χ0n) is 9.89. The van der Waals surface area contributed by atoms with Crippen molar-refractivity contribution in [3.05, 3.63) is 24.3 Å². The van der Waals surface area contributed by atoms with Crippen LogP contribution in [0.4, 0.5) is 0 Å². The Labute approximate surface area is 107 Å². The standard InChI is InChI=1S/C11H14N4O4/c12-11(4-16)9(18)7(17)8(19-11)10-14-5-1-2-13-3-6(5)15-10/h1-3,7-9,16-18H,4,12H2,(H,14,15)/t7-,8+,9-,11+/m0/s1. The maximum Gasteiger partial charge on any atom is 0.169 e. The number of imidazole rings is 1. The van der Waals surface area contributed by atoms with Crippen LogP contribution in [0, 0.1) is 0 Å². The molecule has 0 radical (unpaired) electrons. The first kappa shape index (κ1) is 12.5. The minimum Gasteiger partial charge on any atom is -0.392 e. The monoisotopic (exact) mass is 266 g/mol. The van der Waals surface area contributed by atoms with Crippen LogP contribution in [-0.2, 0) is 4.74 Å². The van der Waals surface area contributed by atoms with E-state index in [1.54, 1.807) is 18.5 Å². The lowest BCUT2D eigenvalue weighted by atomic mass is 10.0. The maximum atomic E-state index is 9.96. The van der Waals surface area contributed by atoms with E-state index in [9.17, 15) is 10.2 Å². The second-order valence-electron chi connectivity index (χ2n) is 4.60. The first-order valence-electron chi connectivity index (χ1n) is 5.78. The van der Waals surface area contributed by atoms with Gasteiger partial charge in [-0.3, -0.25) is 10.7 Å². The number of rotatable bonds is 2. The molecule has 3 heterocycles. The Balaban J connectivity index is 1.98. The highest BCUT2D eigenvalue weighted by Gasteiger charge is 2.53. The lowest BCUT2D eigenvalue weighted by Gasteiger charge is -2.24. The van der Waals surface area contributed by atoms with Crippen LogP contribution in [0.25, 0.3) is 11.0 Å². The number of aromatic nitrogens is 3. The minimum atomic E-state index is -1.69. The Bertz CT molecular complexity index is 570. The second kappa shape index (κ2) is 4.22. The van der Waals surface area contributed by atoms with Crippen molar-refractivity contribution in [1.82, 2.24) is 15.0 Å². The molecule has 3 rings (SSSR count). The number of nitrogens with two attached hydrogens (primary N) is 1. The fourth-order valence-corrected chi connectivity index (χ4v) is 2.19. The number of fused-ring (bicyclic) bond motifs is 1. The predicted molar refractivity (Wildman–Crippen MR) is 63.7 cm³/mol. The Kier molecular flexibility index (Phi) is 2.77. The largest absolute Gasteiger partial charge is 0.392 e. The van der Waals surface area contributed by atoms with E-state index in [-0.39, 0.29) is 0 Å². The Morgan fingerprint density at radius 3 is 2.89 bits per heavy atom. The van der Waals surface area contributed by atoms with Crippen LogP contribution < -0.4 is 5.73 Å². The number of aliphatic hydroxyl groups is 3. The van der Waals surface area contributed by atoms with Gasteiger partial charge in [0.2, 0.25) is 0 Å². The molecule has 1 aliphatic rings. The summed E-state index contributed by atoms with van der Waals surface area (Å²) in [5, 5.41) is 28.9. The van der Waals surface area contributed by atoms with E-state index < -0.39 is 30.6 Å². The van der Waals surface area contributed by atoms with Gasteiger partial charge in [0.25, 0.3) is 0 Å². The Hall–Kier alpha value is -1.58. The Morgan fingerprint density at radius 2 is 2.26 bits per heavy atom. The van der Waals surface area contributed by atoms with Crippen LogP contribution in [0.15, 0.2) is 18.5 Å². The number of hydrogen-bond acceptors (Lipinski definition) is 7. The zero-order valence-corrected chi connectivity index (χ0v) is 9.89. The molecule has 8 nitrogen and oxygen atoms in total. The third-order valence-corrected chi connectivity index (χ3v) is 3.30. The summed E-state index contributed by atoms with van der Waals surface area (Å²) in [6.07, 6.45) is -0.418. The number of H-pyrrole nitrogens is 1. The molecule has 2 aromatic rings. The molecule has 0 spiro atoms. The molecule has 4 atom stereocenters. The molecular weight excluding hydrogens is 252 g/mol. The summed E-state index contributed by atoms with van der Waals surface area (Å²) in [5.41, 5.74) is 5.33. The molecule has 0 bridgehead atoms. The number of pyridine rings is 1. The topological polar surface area (TPSA) is 138 Å². The smallest absolute Gasteiger partial charge is 0.169 e. The van der Waals surface area contributed by atoms with Crippen molar-refractivity contribution in [2.45, 2.75) is 24.0 Å². The van der Waals surface area contributed by atoms with Crippen LogP contribution in [0.3, 0.4) is 0 Å². The highest BCUT2D eigenvalue weighted by molar-refractivity contribution is 5.73. The van der Waals surface area contributed by atoms with Crippen LogP contribution in [0.1, 0.15) is 11.9 Å². The average Bonchev–Trinajstić information content (AvgIpc) is 2.94. The van der Waals surface area contributed by atoms with E-state index in [0.29, 0.717) is 16.9 Å². The summed E-state index contributed by atoms with van der Waals surface area (Å²) >= 11 is 0. The molecule has 1 saturated heterocycles. The highest BCUT2D eigenvalue weighted by Crippen LogP contribution is 2.36. The van der Waals surface area contributed by atoms with Crippen molar-refractivity contribution in [2.75, 3.05) is 6.61 Å². The van der Waals surface area contributed by atoms with Gasteiger partial charge in [-0.05, 0) is 6.07 Å². The van der Waals surface area contributed by atoms with Gasteiger partial charge in [-0.15, -0.1) is 0 Å². The van der Waals surface area contributed by atoms with Crippen LogP contribution in [-0.4, -0.2) is 54.8 Å². The van der Waals surface area contributed by atoms with Gasteiger partial charge in [0, 0.05) is 6.20 Å². The van der Waals surface area contributed by atoms with Crippen molar-refractivity contribution in [2.24, 2.45) is 5.73 Å². The fourth-order valence-electron chi connectivity index (χ4n) is 2.19. The highest BCUT2D eigenvalue weighted by atomic mass is 16.6. The SMILES string of the molecule is N[C@]1(CO)O[C@@H](c2nc3ccncc3[nH]2)[C@H](O)[C@@H]1O. The summed E-state index contributed by atoms with van der Waals surface area (Å²) in [7, 11) is 0. The molecule has 0 aromatic carbocycles. The molecule has 19 heavy (non-hydrogen) atoms. The van der Waals surface area contributed by atoms with Crippen LogP contribution >= 0.6 is 0 Å². The number of nitrogens with zero attached hydrogens (tertiary/aromatic N) is 2. The number of ether oxygens (including phenoxy) is 1. The molecule has 0 saturated carbocycles. The van der Waals surface area contributed by atoms with E-state index in [4.69, 9.17) is 15.6 Å². The van der Waals surface area contributed by atoms with Crippen LogP contribution in [0.5, 0.6) is 0 Å². The van der Waals surface area contributed by atoms with Crippen molar-refractivity contribution < 1.29 is 20.1 Å². The Morgan fingerprint density at radius 1 is 1.47 bits per heavy atom. The number of aromatic amines is 1. The summed E-state index contributed by atoms with van der Waals surface area (Å²) in [5.74, 6) is 0.329. The van der Waals surface area contributed by atoms with E-state index in [1.165, 1.54) is 0 Å². The summed E-state index contributed by atoms with van der Waals surface area (Å²) in [6.45, 7) is -0.608. The summed E-state index contributed by atoms with van der Waals surface area (Å²) < 4.78 is 5.35. The maximum absolute atomic E-state index is 9.96. The molecule has 0 amide bonds. The van der Waals surface area contributed by atoms with Crippen LogP contribution in [0.2, 0.25) is 0 Å². The third kappa shape index (κ3) is 1.81. The molecular formula is C11H14N4O4. The van der Waals surface area contributed by atoms with Gasteiger partial charge in [0.05, 0.1) is 23.8 Å². The predicted octanol–water partition coefficient (Wildman–Crippen LogP) is -1.60. The summed E-state index contributed by atoms with van der Waals surface area (Å²) in [4.78, 5) is 11.1. The van der Waals surface area contributed by atoms with Gasteiger partial charge >= 0.3 is 0 Å². The lowest BCUT2D eigenvalue weighted by Crippen LogP contribution is -2.54. The van der Waals surface area contributed by atoms with Crippen molar-refractivity contribution in [3.8, 4) is 0 Å². The molecule has 0 aliphatic carbocycles.